The highest BCUT2D eigenvalue weighted by Crippen LogP contribution is 2.25. The van der Waals surface area contributed by atoms with Gasteiger partial charge >= 0.3 is 7.82 Å². The van der Waals surface area contributed by atoms with E-state index in [1.165, 1.54) is 0 Å². The predicted octanol–water partition coefficient (Wildman–Crippen LogP) is 1.36. The quantitative estimate of drug-likeness (QED) is 0.504. The molecule has 7 heteroatoms. The fourth-order valence-electron chi connectivity index (χ4n) is 0.0337. The molecule has 0 heterocycles. The van der Waals surface area contributed by atoms with Crippen LogP contribution in [0.3, 0.4) is 0 Å². The Balaban J connectivity index is 0. The first-order valence-electron chi connectivity index (χ1n) is 2.01. The first-order chi connectivity index (χ1) is 4.41. The lowest BCUT2D eigenvalue weighted by atomic mass is 10.8. The molecule has 62 valence electrons. The Labute approximate surface area is 75.5 Å². The fourth-order valence-corrected chi connectivity index (χ4v) is 0.909. The topological polar surface area (TPSA) is 77.8 Å². The van der Waals surface area contributed by atoms with Gasteiger partial charge in [-0.1, -0.05) is 37.9 Å². The minimum atomic E-state index is -4.64. The first kappa shape index (κ1) is 13.4. The Kier molecular flexibility index (Phi) is 10.6. The minimum absolute atomic E-state index is 0.929. The number of rotatable bonds is 1. The summed E-state index contributed by atoms with van der Waals surface area (Å²) in [5.41, 5.74) is 0. The third kappa shape index (κ3) is 68.1. The minimum Gasteiger partial charge on any atom is -0.303 e. The largest absolute Gasteiger partial charge is 0.466 e. The van der Waals surface area contributed by atoms with Crippen LogP contribution in [0.15, 0.2) is 11.1 Å². The van der Waals surface area contributed by atoms with E-state index in [0.717, 1.165) is 5.33 Å². The first-order valence-corrected chi connectivity index (χ1v) is 5.61. The average molecular weight is 298 g/mol. The molecule has 0 atom stereocenters. The number of hydrogen-bond donors (Lipinski definition) is 3. The van der Waals surface area contributed by atoms with Gasteiger partial charge in [0.1, 0.15) is 0 Å². The molecule has 0 aliphatic rings. The highest BCUT2D eigenvalue weighted by atomic mass is 79.9. The molecule has 0 rings (SSSR count). The second-order valence-electron chi connectivity index (χ2n) is 1.03. The maximum atomic E-state index is 8.88. The summed E-state index contributed by atoms with van der Waals surface area (Å²) >= 11 is 6.29. The van der Waals surface area contributed by atoms with Crippen molar-refractivity contribution in [2.45, 2.75) is 0 Å². The van der Waals surface area contributed by atoms with Crippen LogP contribution in [0.25, 0.3) is 0 Å². The summed E-state index contributed by atoms with van der Waals surface area (Å²) in [6.45, 7) is 0. The SMILES string of the molecule is BrC=CCBr.O=P(O)(O)O. The number of alkyl halides is 1. The molecule has 0 aromatic heterocycles. The number of hydrogen-bond acceptors (Lipinski definition) is 1. The Morgan fingerprint density at radius 3 is 1.70 bits per heavy atom. The van der Waals surface area contributed by atoms with Gasteiger partial charge < -0.3 is 14.7 Å². The summed E-state index contributed by atoms with van der Waals surface area (Å²) in [5.74, 6) is 0. The molecular weight excluding hydrogens is 291 g/mol. The molecule has 0 aromatic rings. The third-order valence-electron chi connectivity index (χ3n) is 0.178. The number of halogens is 2. The van der Waals surface area contributed by atoms with Gasteiger partial charge in [0.2, 0.25) is 0 Å². The summed E-state index contributed by atoms with van der Waals surface area (Å²) in [6.07, 6.45) is 1.96. The van der Waals surface area contributed by atoms with E-state index in [9.17, 15) is 0 Å². The molecule has 0 aromatic carbocycles. The maximum Gasteiger partial charge on any atom is 0.466 e. The van der Waals surface area contributed by atoms with Gasteiger partial charge in [-0.15, -0.1) is 0 Å². The Morgan fingerprint density at radius 2 is 1.70 bits per heavy atom. The molecule has 0 radical (unpaired) electrons. The Bertz CT molecular complexity index is 122. The molecule has 4 nitrogen and oxygen atoms in total. The molecule has 0 saturated heterocycles. The third-order valence-corrected chi connectivity index (χ3v) is 0.926. The molecule has 0 fully saturated rings. The lowest BCUT2D eigenvalue weighted by molar-refractivity contribution is 0.275. The number of phosphoric acid groups is 1. The lowest BCUT2D eigenvalue weighted by Crippen LogP contribution is -1.66. The molecule has 0 aliphatic heterocycles. The fraction of sp³-hybridized carbons (Fsp3) is 0.333. The summed E-state index contributed by atoms with van der Waals surface area (Å²) in [6, 6.07) is 0. The normalized spacial score (nSPS) is 10.9. The van der Waals surface area contributed by atoms with Crippen molar-refractivity contribution in [1.29, 1.82) is 0 Å². The molecule has 0 spiro atoms. The smallest absolute Gasteiger partial charge is 0.303 e. The van der Waals surface area contributed by atoms with Gasteiger partial charge in [0.15, 0.2) is 0 Å². The van der Waals surface area contributed by atoms with Crippen molar-refractivity contribution >= 4 is 39.7 Å². The molecule has 0 amide bonds. The van der Waals surface area contributed by atoms with Crippen LogP contribution in [0.5, 0.6) is 0 Å². The van der Waals surface area contributed by atoms with Crippen LogP contribution in [0.2, 0.25) is 0 Å². The molecule has 3 N–H and O–H groups in total. The van der Waals surface area contributed by atoms with Crippen LogP contribution < -0.4 is 0 Å². The zero-order valence-electron chi connectivity index (χ0n) is 4.81. The molecule has 0 unspecified atom stereocenters. The van der Waals surface area contributed by atoms with Crippen molar-refractivity contribution in [2.75, 3.05) is 5.33 Å². The standard InChI is InChI=1S/C3H4Br2.H3O4P/c4-2-1-3-5;1-5(2,3)4/h1-2H,3H2;(H3,1,2,3,4). The van der Waals surface area contributed by atoms with E-state index in [1.54, 1.807) is 0 Å². The molecule has 0 saturated carbocycles. The van der Waals surface area contributed by atoms with Crippen LogP contribution in [0.4, 0.5) is 0 Å². The van der Waals surface area contributed by atoms with Crippen LogP contribution in [0, 0.1) is 0 Å². The lowest BCUT2D eigenvalue weighted by Gasteiger charge is -1.82. The van der Waals surface area contributed by atoms with Gasteiger partial charge in [0.05, 0.1) is 0 Å². The van der Waals surface area contributed by atoms with E-state index in [4.69, 9.17) is 19.2 Å². The van der Waals surface area contributed by atoms with Crippen LogP contribution in [-0.2, 0) is 4.57 Å². The summed E-state index contributed by atoms with van der Waals surface area (Å²) in [5, 5.41) is 0.929. The van der Waals surface area contributed by atoms with E-state index in [0.29, 0.717) is 0 Å². The van der Waals surface area contributed by atoms with Crippen molar-refractivity contribution in [3.63, 3.8) is 0 Å². The highest BCUT2D eigenvalue weighted by Gasteiger charge is 2.00. The van der Waals surface area contributed by atoms with Crippen LogP contribution in [-0.4, -0.2) is 20.0 Å². The van der Waals surface area contributed by atoms with Crippen molar-refractivity contribution in [3.05, 3.63) is 11.1 Å². The maximum absolute atomic E-state index is 8.88. The zero-order valence-corrected chi connectivity index (χ0v) is 8.88. The van der Waals surface area contributed by atoms with Gasteiger partial charge in [0, 0.05) is 5.33 Å². The summed E-state index contributed by atoms with van der Waals surface area (Å²) in [4.78, 5) is 23.4. The summed E-state index contributed by atoms with van der Waals surface area (Å²) in [7, 11) is -4.64. The van der Waals surface area contributed by atoms with Crippen molar-refractivity contribution in [3.8, 4) is 0 Å². The van der Waals surface area contributed by atoms with Crippen molar-refractivity contribution in [1.82, 2.24) is 0 Å². The van der Waals surface area contributed by atoms with Gasteiger partial charge in [-0.2, -0.15) is 0 Å². The Hall–Kier alpha value is 0.810. The molecule has 0 bridgehead atoms. The molecular formula is C3H7Br2O4P. The van der Waals surface area contributed by atoms with E-state index in [-0.39, 0.29) is 0 Å². The summed E-state index contributed by atoms with van der Waals surface area (Å²) < 4.78 is 8.88. The second-order valence-corrected chi connectivity index (χ2v) is 3.23. The highest BCUT2D eigenvalue weighted by molar-refractivity contribution is 9.11. The monoisotopic (exact) mass is 296 g/mol. The zero-order chi connectivity index (χ0) is 8.62. The van der Waals surface area contributed by atoms with Gasteiger partial charge in [-0.3, -0.25) is 0 Å². The van der Waals surface area contributed by atoms with E-state index >= 15 is 0 Å². The van der Waals surface area contributed by atoms with E-state index < -0.39 is 7.82 Å². The predicted molar refractivity (Wildman–Crippen MR) is 46.1 cm³/mol. The van der Waals surface area contributed by atoms with E-state index in [1.807, 2.05) is 11.1 Å². The van der Waals surface area contributed by atoms with Gasteiger partial charge in [-0.25, -0.2) is 4.57 Å². The van der Waals surface area contributed by atoms with Gasteiger partial charge in [-0.05, 0) is 4.99 Å². The Morgan fingerprint density at radius 1 is 1.40 bits per heavy atom. The van der Waals surface area contributed by atoms with Crippen molar-refractivity contribution < 1.29 is 19.2 Å². The van der Waals surface area contributed by atoms with Gasteiger partial charge in [0.25, 0.3) is 0 Å². The second kappa shape index (κ2) is 7.91. The number of allylic oxidation sites excluding steroid dienone is 1. The molecule has 0 aliphatic carbocycles. The molecule has 10 heavy (non-hydrogen) atoms. The van der Waals surface area contributed by atoms with Crippen LogP contribution in [0.1, 0.15) is 0 Å². The van der Waals surface area contributed by atoms with E-state index in [2.05, 4.69) is 31.9 Å². The average Bonchev–Trinajstić information content (AvgIpc) is 1.63. The van der Waals surface area contributed by atoms with Crippen molar-refractivity contribution in [2.24, 2.45) is 0 Å². The van der Waals surface area contributed by atoms with Crippen LogP contribution >= 0.6 is 39.7 Å².